The molecule has 0 saturated carbocycles. The highest BCUT2D eigenvalue weighted by Crippen LogP contribution is 2.26. The van der Waals surface area contributed by atoms with Crippen molar-refractivity contribution in [3.63, 3.8) is 0 Å². The summed E-state index contributed by atoms with van der Waals surface area (Å²) < 4.78 is 2.14. The summed E-state index contributed by atoms with van der Waals surface area (Å²) in [7, 11) is 2.20. The average Bonchev–Trinajstić information content (AvgIpc) is 2.72. The van der Waals surface area contributed by atoms with Crippen LogP contribution in [0.1, 0.15) is 43.8 Å². The van der Waals surface area contributed by atoms with Crippen molar-refractivity contribution in [1.29, 1.82) is 0 Å². The van der Waals surface area contributed by atoms with Crippen LogP contribution in [0.25, 0.3) is 0 Å². The predicted octanol–water partition coefficient (Wildman–Crippen LogP) is 1.67. The molecule has 4 nitrogen and oxygen atoms in total. The maximum Gasteiger partial charge on any atom is 0.155 e. The summed E-state index contributed by atoms with van der Waals surface area (Å²) in [5, 5.41) is 4.72. The zero-order valence-corrected chi connectivity index (χ0v) is 10.9. The number of nitrogens with zero attached hydrogens (tertiary/aromatic N) is 4. The van der Waals surface area contributed by atoms with Gasteiger partial charge in [0.15, 0.2) is 5.82 Å². The molecule has 2 unspecified atom stereocenters. The number of hydrogen-bond acceptors (Lipinski definition) is 3. The molecule has 1 saturated heterocycles. The molecule has 2 atom stereocenters. The third-order valence-electron chi connectivity index (χ3n) is 4.12. The Morgan fingerprint density at radius 3 is 2.94 bits per heavy atom. The minimum atomic E-state index is 0.558. The Morgan fingerprint density at radius 2 is 2.12 bits per heavy atom. The van der Waals surface area contributed by atoms with Gasteiger partial charge in [0.1, 0.15) is 5.82 Å². The van der Waals surface area contributed by atoms with E-state index in [1.807, 2.05) is 0 Å². The lowest BCUT2D eigenvalue weighted by Gasteiger charge is -2.27. The lowest BCUT2D eigenvalue weighted by molar-refractivity contribution is 0.245. The quantitative estimate of drug-likeness (QED) is 0.741. The van der Waals surface area contributed by atoms with Gasteiger partial charge in [0.25, 0.3) is 0 Å². The van der Waals surface area contributed by atoms with E-state index in [0.29, 0.717) is 5.92 Å². The van der Waals surface area contributed by atoms with E-state index in [2.05, 4.69) is 23.6 Å². The summed E-state index contributed by atoms with van der Waals surface area (Å²) in [6.45, 7) is 5.72. The summed E-state index contributed by atoms with van der Waals surface area (Å²) in [6, 6.07) is 0. The molecule has 3 rings (SSSR count). The van der Waals surface area contributed by atoms with Crippen molar-refractivity contribution >= 4 is 0 Å². The second-order valence-electron chi connectivity index (χ2n) is 5.81. The van der Waals surface area contributed by atoms with Crippen LogP contribution in [0.2, 0.25) is 0 Å². The van der Waals surface area contributed by atoms with Crippen LogP contribution in [0.3, 0.4) is 0 Å². The van der Waals surface area contributed by atoms with Crippen molar-refractivity contribution in [2.75, 3.05) is 20.1 Å². The van der Waals surface area contributed by atoms with Crippen molar-refractivity contribution in [3.05, 3.63) is 11.6 Å². The van der Waals surface area contributed by atoms with Gasteiger partial charge >= 0.3 is 0 Å². The molecule has 3 heterocycles. The van der Waals surface area contributed by atoms with Gasteiger partial charge in [-0.2, -0.15) is 5.10 Å². The first-order valence-electron chi connectivity index (χ1n) is 6.84. The second-order valence-corrected chi connectivity index (χ2v) is 5.81. The molecule has 0 spiro atoms. The highest BCUT2D eigenvalue weighted by molar-refractivity contribution is 5.03. The molecule has 17 heavy (non-hydrogen) atoms. The van der Waals surface area contributed by atoms with E-state index < -0.39 is 0 Å². The summed E-state index contributed by atoms with van der Waals surface area (Å²) in [6.07, 6.45) is 4.89. The van der Waals surface area contributed by atoms with Gasteiger partial charge in [-0.25, -0.2) is 9.67 Å². The molecule has 0 aromatic carbocycles. The van der Waals surface area contributed by atoms with E-state index in [0.717, 1.165) is 31.3 Å². The zero-order valence-electron chi connectivity index (χ0n) is 10.9. The van der Waals surface area contributed by atoms with Gasteiger partial charge in [0, 0.05) is 25.4 Å². The Labute approximate surface area is 103 Å². The minimum Gasteiger partial charge on any atom is -0.306 e. The smallest absolute Gasteiger partial charge is 0.155 e. The maximum atomic E-state index is 4.78. The van der Waals surface area contributed by atoms with Crippen LogP contribution in [-0.2, 0) is 13.0 Å². The maximum absolute atomic E-state index is 4.78. The van der Waals surface area contributed by atoms with E-state index in [1.165, 1.54) is 31.6 Å². The van der Waals surface area contributed by atoms with Crippen molar-refractivity contribution in [2.24, 2.45) is 5.92 Å². The molecule has 0 amide bonds. The number of piperidine rings is 1. The molecular weight excluding hydrogens is 212 g/mol. The highest BCUT2D eigenvalue weighted by atomic mass is 15.4. The van der Waals surface area contributed by atoms with E-state index in [-0.39, 0.29) is 0 Å². The molecule has 0 N–H and O–H groups in total. The van der Waals surface area contributed by atoms with Crippen LogP contribution >= 0.6 is 0 Å². The lowest BCUT2D eigenvalue weighted by atomic mass is 9.98. The van der Waals surface area contributed by atoms with E-state index in [1.54, 1.807) is 0 Å². The van der Waals surface area contributed by atoms with Gasteiger partial charge in [-0.15, -0.1) is 0 Å². The fraction of sp³-hybridized carbons (Fsp3) is 0.846. The van der Waals surface area contributed by atoms with Crippen LogP contribution < -0.4 is 0 Å². The molecule has 0 radical (unpaired) electrons. The van der Waals surface area contributed by atoms with Crippen molar-refractivity contribution < 1.29 is 0 Å². The summed E-state index contributed by atoms with van der Waals surface area (Å²) in [4.78, 5) is 7.18. The zero-order chi connectivity index (χ0) is 11.8. The van der Waals surface area contributed by atoms with Gasteiger partial charge in [0.05, 0.1) is 0 Å². The molecule has 2 aliphatic rings. The molecule has 0 bridgehead atoms. The van der Waals surface area contributed by atoms with Crippen molar-refractivity contribution in [3.8, 4) is 0 Å². The van der Waals surface area contributed by atoms with Gasteiger partial charge < -0.3 is 4.90 Å². The van der Waals surface area contributed by atoms with Gasteiger partial charge in [-0.05, 0) is 38.8 Å². The van der Waals surface area contributed by atoms with Gasteiger partial charge in [-0.3, -0.25) is 0 Å². The summed E-state index contributed by atoms with van der Waals surface area (Å²) in [5.74, 6) is 3.64. The third-order valence-corrected chi connectivity index (χ3v) is 4.12. The molecule has 4 heteroatoms. The normalized spacial score (nSPS) is 30.2. The number of rotatable bonds is 1. The molecule has 1 fully saturated rings. The molecule has 1 aromatic rings. The van der Waals surface area contributed by atoms with Crippen LogP contribution in [0.5, 0.6) is 0 Å². The Bertz CT molecular complexity index is 398. The van der Waals surface area contributed by atoms with E-state index in [4.69, 9.17) is 10.1 Å². The number of hydrogen-bond donors (Lipinski definition) is 0. The third kappa shape index (κ3) is 2.23. The average molecular weight is 234 g/mol. The standard InChI is InChI=1S/C13H22N4/c1-10-5-7-17-12(8-10)14-13(15-17)11-4-3-6-16(2)9-11/h10-11H,3-9H2,1-2H3. The fourth-order valence-corrected chi connectivity index (χ4v) is 3.03. The Hall–Kier alpha value is -0.900. The monoisotopic (exact) mass is 234 g/mol. The van der Waals surface area contributed by atoms with Crippen LogP contribution in [-0.4, -0.2) is 39.8 Å². The van der Waals surface area contributed by atoms with Crippen LogP contribution in [0.15, 0.2) is 0 Å². The largest absolute Gasteiger partial charge is 0.306 e. The van der Waals surface area contributed by atoms with Crippen LogP contribution in [0.4, 0.5) is 0 Å². The molecular formula is C13H22N4. The Kier molecular flexibility index (Phi) is 2.90. The molecule has 94 valence electrons. The molecule has 0 aliphatic carbocycles. The number of aromatic nitrogens is 3. The van der Waals surface area contributed by atoms with Crippen molar-refractivity contribution in [1.82, 2.24) is 19.7 Å². The van der Waals surface area contributed by atoms with Crippen molar-refractivity contribution in [2.45, 2.75) is 45.1 Å². The number of likely N-dealkylation sites (tertiary alicyclic amines) is 1. The summed E-state index contributed by atoms with van der Waals surface area (Å²) in [5.41, 5.74) is 0. The molecule has 2 aliphatic heterocycles. The van der Waals surface area contributed by atoms with E-state index >= 15 is 0 Å². The first-order chi connectivity index (χ1) is 8.22. The SMILES string of the molecule is CC1CCn2nc(C3CCCN(C)C3)nc2C1. The number of likely N-dealkylation sites (N-methyl/N-ethyl adjacent to an activating group) is 1. The second kappa shape index (κ2) is 4.41. The Balaban J connectivity index is 1.79. The first kappa shape index (κ1) is 11.2. The van der Waals surface area contributed by atoms with E-state index in [9.17, 15) is 0 Å². The molecule has 1 aromatic heterocycles. The highest BCUT2D eigenvalue weighted by Gasteiger charge is 2.25. The predicted molar refractivity (Wildman–Crippen MR) is 67.0 cm³/mol. The first-order valence-corrected chi connectivity index (χ1v) is 6.84. The van der Waals surface area contributed by atoms with Gasteiger partial charge in [-0.1, -0.05) is 6.92 Å². The Morgan fingerprint density at radius 1 is 1.24 bits per heavy atom. The number of fused-ring (bicyclic) bond motifs is 1. The minimum absolute atomic E-state index is 0.558. The van der Waals surface area contributed by atoms with Gasteiger partial charge in [0.2, 0.25) is 0 Å². The number of aryl methyl sites for hydroxylation is 1. The van der Waals surface area contributed by atoms with Crippen LogP contribution in [0, 0.1) is 5.92 Å². The summed E-state index contributed by atoms with van der Waals surface area (Å²) >= 11 is 0. The fourth-order valence-electron chi connectivity index (χ4n) is 3.03. The topological polar surface area (TPSA) is 34.0 Å². The lowest BCUT2D eigenvalue weighted by Crippen LogP contribution is -2.31.